The van der Waals surface area contributed by atoms with E-state index in [-0.39, 0.29) is 11.5 Å². The summed E-state index contributed by atoms with van der Waals surface area (Å²) in [6, 6.07) is 0. The molecule has 1 aliphatic rings. The van der Waals surface area contributed by atoms with Gasteiger partial charge in [-0.1, -0.05) is 26.2 Å². The van der Waals surface area contributed by atoms with E-state index in [4.69, 9.17) is 4.74 Å². The molecule has 4 nitrogen and oxygen atoms in total. The minimum atomic E-state index is -2.92. The Labute approximate surface area is 111 Å². The molecule has 0 amide bonds. The van der Waals surface area contributed by atoms with Gasteiger partial charge in [0.2, 0.25) is 0 Å². The van der Waals surface area contributed by atoms with Gasteiger partial charge in [-0.15, -0.1) is 0 Å². The van der Waals surface area contributed by atoms with Crippen molar-refractivity contribution in [1.29, 1.82) is 0 Å². The van der Waals surface area contributed by atoms with Gasteiger partial charge >= 0.3 is 0 Å². The summed E-state index contributed by atoms with van der Waals surface area (Å²) in [5, 5.41) is 10.3. The van der Waals surface area contributed by atoms with Gasteiger partial charge < -0.3 is 9.84 Å². The van der Waals surface area contributed by atoms with E-state index >= 15 is 0 Å². The predicted octanol–water partition coefficient (Wildman–Crippen LogP) is 1.91. The van der Waals surface area contributed by atoms with Crippen molar-refractivity contribution in [1.82, 2.24) is 0 Å². The molecule has 1 fully saturated rings. The summed E-state index contributed by atoms with van der Waals surface area (Å²) >= 11 is 0. The van der Waals surface area contributed by atoms with Crippen LogP contribution >= 0.6 is 0 Å². The number of ether oxygens (including phenoxy) is 1. The molecule has 1 N–H and O–H groups in total. The first-order valence-electron chi connectivity index (χ1n) is 6.89. The molecular weight excluding hydrogens is 252 g/mol. The average molecular weight is 278 g/mol. The molecule has 0 heterocycles. The molecule has 0 aromatic carbocycles. The van der Waals surface area contributed by atoms with Gasteiger partial charge in [0.05, 0.1) is 17.5 Å². The molecule has 1 unspecified atom stereocenters. The van der Waals surface area contributed by atoms with Crippen molar-refractivity contribution in [3.8, 4) is 0 Å². The fourth-order valence-electron chi connectivity index (χ4n) is 2.73. The lowest BCUT2D eigenvalue weighted by Crippen LogP contribution is -2.45. The number of rotatable bonds is 7. The second-order valence-electron chi connectivity index (χ2n) is 5.22. The van der Waals surface area contributed by atoms with Crippen molar-refractivity contribution in [2.45, 2.75) is 63.6 Å². The van der Waals surface area contributed by atoms with E-state index in [1.54, 1.807) is 14.0 Å². The van der Waals surface area contributed by atoms with Crippen molar-refractivity contribution in [3.05, 3.63) is 0 Å². The largest absolute Gasteiger partial charge is 0.390 e. The standard InChI is InChI=1S/C13H26O4S/c1-3-18(15,16)11-7-8-12(14)13(17-2)9-5-4-6-10-13/h12,14H,3-11H2,1-2H3. The lowest BCUT2D eigenvalue weighted by molar-refractivity contribution is -0.125. The van der Waals surface area contributed by atoms with Gasteiger partial charge in [0.25, 0.3) is 0 Å². The smallest absolute Gasteiger partial charge is 0.150 e. The second-order valence-corrected chi connectivity index (χ2v) is 7.70. The first-order valence-corrected chi connectivity index (χ1v) is 8.71. The first-order chi connectivity index (χ1) is 8.46. The van der Waals surface area contributed by atoms with Gasteiger partial charge in [-0.3, -0.25) is 0 Å². The van der Waals surface area contributed by atoms with E-state index in [0.29, 0.717) is 12.8 Å². The normalized spacial score (nSPS) is 21.7. The van der Waals surface area contributed by atoms with Crippen molar-refractivity contribution in [2.75, 3.05) is 18.6 Å². The highest BCUT2D eigenvalue weighted by Gasteiger charge is 2.38. The van der Waals surface area contributed by atoms with Crippen LogP contribution in [0.15, 0.2) is 0 Å². The molecule has 108 valence electrons. The highest BCUT2D eigenvalue weighted by molar-refractivity contribution is 7.91. The Morgan fingerprint density at radius 1 is 1.28 bits per heavy atom. The molecule has 5 heteroatoms. The molecule has 1 atom stereocenters. The fraction of sp³-hybridized carbons (Fsp3) is 1.00. The summed E-state index contributed by atoms with van der Waals surface area (Å²) in [6.07, 6.45) is 5.60. The molecule has 0 radical (unpaired) electrons. The lowest BCUT2D eigenvalue weighted by atomic mass is 9.79. The molecule has 18 heavy (non-hydrogen) atoms. The van der Waals surface area contributed by atoms with Crippen LogP contribution in [-0.2, 0) is 14.6 Å². The van der Waals surface area contributed by atoms with Crippen LogP contribution in [-0.4, -0.2) is 43.8 Å². The topological polar surface area (TPSA) is 63.6 Å². The van der Waals surface area contributed by atoms with Crippen LogP contribution in [0.25, 0.3) is 0 Å². The Bertz CT molecular complexity index is 331. The molecule has 1 rings (SSSR count). The Morgan fingerprint density at radius 3 is 2.39 bits per heavy atom. The van der Waals surface area contributed by atoms with Crippen LogP contribution in [0.4, 0.5) is 0 Å². The van der Waals surface area contributed by atoms with Crippen molar-refractivity contribution >= 4 is 9.84 Å². The second kappa shape index (κ2) is 6.87. The molecule has 1 aliphatic carbocycles. The van der Waals surface area contributed by atoms with Gasteiger partial charge in [0.15, 0.2) is 0 Å². The quantitative estimate of drug-likeness (QED) is 0.772. The number of methoxy groups -OCH3 is 1. The van der Waals surface area contributed by atoms with Gasteiger partial charge in [-0.25, -0.2) is 8.42 Å². The zero-order valence-electron chi connectivity index (χ0n) is 11.5. The van der Waals surface area contributed by atoms with E-state index in [1.165, 1.54) is 6.42 Å². The summed E-state index contributed by atoms with van der Waals surface area (Å²) in [5.41, 5.74) is -0.436. The van der Waals surface area contributed by atoms with Crippen LogP contribution in [0.2, 0.25) is 0 Å². The lowest BCUT2D eigenvalue weighted by Gasteiger charge is -2.40. The van der Waals surface area contributed by atoms with E-state index in [1.807, 2.05) is 0 Å². The summed E-state index contributed by atoms with van der Waals surface area (Å²) in [6.45, 7) is 1.66. The summed E-state index contributed by atoms with van der Waals surface area (Å²) in [5.74, 6) is 0.346. The van der Waals surface area contributed by atoms with Crippen LogP contribution in [0.1, 0.15) is 51.9 Å². The van der Waals surface area contributed by atoms with Crippen molar-refractivity contribution < 1.29 is 18.3 Å². The molecule has 0 saturated heterocycles. The van der Waals surface area contributed by atoms with Gasteiger partial charge in [-0.05, 0) is 25.7 Å². The Kier molecular flexibility index (Phi) is 6.08. The maximum Gasteiger partial charge on any atom is 0.150 e. The van der Waals surface area contributed by atoms with E-state index in [0.717, 1.165) is 25.7 Å². The van der Waals surface area contributed by atoms with Crippen molar-refractivity contribution in [2.24, 2.45) is 0 Å². The summed E-state index contributed by atoms with van der Waals surface area (Å²) in [4.78, 5) is 0. The third-order valence-electron chi connectivity index (χ3n) is 4.09. The molecule has 0 bridgehead atoms. The average Bonchev–Trinajstić information content (AvgIpc) is 2.39. The van der Waals surface area contributed by atoms with Crippen LogP contribution < -0.4 is 0 Å². The number of aliphatic hydroxyl groups excluding tert-OH is 1. The van der Waals surface area contributed by atoms with E-state index < -0.39 is 21.5 Å². The fourth-order valence-corrected chi connectivity index (χ4v) is 3.62. The van der Waals surface area contributed by atoms with Crippen molar-refractivity contribution in [3.63, 3.8) is 0 Å². The molecule has 0 aromatic heterocycles. The minimum absolute atomic E-state index is 0.167. The zero-order chi connectivity index (χ0) is 13.6. The Morgan fingerprint density at radius 2 is 1.89 bits per heavy atom. The maximum atomic E-state index is 11.4. The Balaban J connectivity index is 2.45. The van der Waals surface area contributed by atoms with Gasteiger partial charge in [0, 0.05) is 12.9 Å². The van der Waals surface area contributed by atoms with E-state index in [9.17, 15) is 13.5 Å². The Hall–Kier alpha value is -0.130. The maximum absolute atomic E-state index is 11.4. The highest BCUT2D eigenvalue weighted by atomic mass is 32.2. The number of sulfone groups is 1. The van der Waals surface area contributed by atoms with E-state index in [2.05, 4.69) is 0 Å². The molecule has 0 aromatic rings. The van der Waals surface area contributed by atoms with Gasteiger partial charge in [0.1, 0.15) is 9.84 Å². The number of aliphatic hydroxyl groups is 1. The van der Waals surface area contributed by atoms with Crippen LogP contribution in [0.3, 0.4) is 0 Å². The number of hydrogen-bond donors (Lipinski definition) is 1. The molecule has 1 saturated carbocycles. The summed E-state index contributed by atoms with van der Waals surface area (Å²) < 4.78 is 28.3. The molecule has 0 spiro atoms. The van der Waals surface area contributed by atoms with Gasteiger partial charge in [-0.2, -0.15) is 0 Å². The third kappa shape index (κ3) is 4.21. The van der Waals surface area contributed by atoms with Crippen LogP contribution in [0, 0.1) is 0 Å². The zero-order valence-corrected chi connectivity index (χ0v) is 12.3. The summed E-state index contributed by atoms with van der Waals surface area (Å²) in [7, 11) is -1.27. The minimum Gasteiger partial charge on any atom is -0.390 e. The molecular formula is C13H26O4S. The highest BCUT2D eigenvalue weighted by Crippen LogP contribution is 2.35. The first kappa shape index (κ1) is 15.9. The monoisotopic (exact) mass is 278 g/mol. The third-order valence-corrected chi connectivity index (χ3v) is 5.88. The SMILES string of the molecule is CCS(=O)(=O)CCCC(O)C1(OC)CCCCC1. The molecule has 0 aliphatic heterocycles. The predicted molar refractivity (Wildman–Crippen MR) is 72.4 cm³/mol. The number of hydrogen-bond acceptors (Lipinski definition) is 4. The van der Waals surface area contributed by atoms with Crippen LogP contribution in [0.5, 0.6) is 0 Å².